The molecule has 0 bridgehead atoms. The molecule has 0 aliphatic rings. The first kappa shape index (κ1) is 30.6. The third-order valence-electron chi connectivity index (χ3n) is 7.26. The summed E-state index contributed by atoms with van der Waals surface area (Å²) in [7, 11) is 0. The summed E-state index contributed by atoms with van der Waals surface area (Å²) in [6, 6.07) is 27.9. The maximum Gasteiger partial charge on any atom is 0.310 e. The number of aromatic hydroxyl groups is 1. The fraction of sp³-hybridized carbons (Fsp3) is 0.162. The van der Waals surface area contributed by atoms with Crippen LogP contribution in [-0.4, -0.2) is 19.6 Å². The zero-order chi connectivity index (χ0) is 31.6. The number of aryl methyl sites for hydroxylation is 2. The number of rotatable bonds is 14. The Hall–Kier alpha value is -5.41. The van der Waals surface area contributed by atoms with E-state index in [1.165, 1.54) is 16.4 Å². The lowest BCUT2D eigenvalue weighted by atomic mass is 10.1. The number of hydrogen-bond donors (Lipinski definition) is 1. The van der Waals surface area contributed by atoms with Gasteiger partial charge in [0.15, 0.2) is 0 Å². The molecular formula is C37H33N3O5S. The number of thiazole rings is 1. The molecule has 3 heterocycles. The highest BCUT2D eigenvalue weighted by Gasteiger charge is 2.15. The van der Waals surface area contributed by atoms with Crippen LogP contribution in [-0.2, 0) is 26.0 Å². The van der Waals surface area contributed by atoms with Crippen LogP contribution in [0.1, 0.15) is 57.6 Å². The van der Waals surface area contributed by atoms with Crippen molar-refractivity contribution in [2.24, 2.45) is 0 Å². The molecule has 0 saturated carbocycles. The van der Waals surface area contributed by atoms with Crippen LogP contribution in [0, 0.1) is 0 Å². The molecule has 3 aromatic carbocycles. The van der Waals surface area contributed by atoms with E-state index in [0.29, 0.717) is 35.4 Å². The van der Waals surface area contributed by atoms with E-state index in [1.54, 1.807) is 12.3 Å². The van der Waals surface area contributed by atoms with Crippen molar-refractivity contribution in [3.05, 3.63) is 152 Å². The predicted molar refractivity (Wildman–Crippen MR) is 181 cm³/mol. The van der Waals surface area contributed by atoms with E-state index < -0.39 is 0 Å². The summed E-state index contributed by atoms with van der Waals surface area (Å²) in [6.45, 7) is 0.471. The lowest BCUT2D eigenvalue weighted by Gasteiger charge is -2.06. The molecule has 0 amide bonds. The van der Waals surface area contributed by atoms with Crippen molar-refractivity contribution >= 4 is 35.6 Å². The highest BCUT2D eigenvalue weighted by Crippen LogP contribution is 2.24. The number of unbranched alkanes of at least 4 members (excludes halogenated alkanes) is 1. The van der Waals surface area contributed by atoms with Crippen LogP contribution in [0.5, 0.6) is 11.6 Å². The molecule has 8 nitrogen and oxygen atoms in total. The molecule has 0 aliphatic carbocycles. The molecule has 6 rings (SSSR count). The average molecular weight is 632 g/mol. The molecule has 0 saturated heterocycles. The monoisotopic (exact) mass is 631 g/mol. The van der Waals surface area contributed by atoms with Gasteiger partial charge in [-0.05, 0) is 66.7 Å². The molecule has 0 spiro atoms. The summed E-state index contributed by atoms with van der Waals surface area (Å²) in [6.07, 6.45) is 13.9. The Morgan fingerprint density at radius 3 is 1.98 bits per heavy atom. The summed E-state index contributed by atoms with van der Waals surface area (Å²) in [5.41, 5.74) is 4.60. The fourth-order valence-corrected chi connectivity index (χ4v) is 5.75. The van der Waals surface area contributed by atoms with Gasteiger partial charge in [-0.1, -0.05) is 84.1 Å². The summed E-state index contributed by atoms with van der Waals surface area (Å²) >= 11 is 1.08. The van der Waals surface area contributed by atoms with Gasteiger partial charge < -0.3 is 18.7 Å². The standard InChI is InChI=1S/C37H33N3O5S/c41-36-33(46-37(42)40(36)23-30-24-44-34(38-30)21-17-27-9-3-1-4-10-27)14-8-7-13-29-15-19-32(20-16-29)43-25-31-26-45-35(39-31)22-18-28-11-5-2-6-12-28/h1-6,9-12,15-22,24,26,41H,7-8,13-14,23,25H2. The van der Waals surface area contributed by atoms with Crippen LogP contribution in [0.15, 0.2) is 111 Å². The van der Waals surface area contributed by atoms with Gasteiger partial charge >= 0.3 is 4.87 Å². The van der Waals surface area contributed by atoms with E-state index in [1.807, 2.05) is 91.0 Å². The first-order valence-electron chi connectivity index (χ1n) is 15.1. The quantitative estimate of drug-likeness (QED) is 0.121. The molecule has 1 N–H and O–H groups in total. The van der Waals surface area contributed by atoms with Crippen LogP contribution in [0.3, 0.4) is 0 Å². The molecular weight excluding hydrogens is 598 g/mol. The Morgan fingerprint density at radius 2 is 1.33 bits per heavy atom. The van der Waals surface area contributed by atoms with Gasteiger partial charge in [0.2, 0.25) is 17.7 Å². The normalized spacial score (nSPS) is 11.6. The van der Waals surface area contributed by atoms with Crippen molar-refractivity contribution in [2.45, 2.75) is 38.8 Å². The first-order valence-corrected chi connectivity index (χ1v) is 15.9. The van der Waals surface area contributed by atoms with E-state index in [0.717, 1.165) is 53.2 Å². The largest absolute Gasteiger partial charge is 0.494 e. The second-order valence-corrected chi connectivity index (χ2v) is 11.7. The van der Waals surface area contributed by atoms with E-state index in [2.05, 4.69) is 22.1 Å². The molecule has 0 atom stereocenters. The molecule has 6 aromatic rings. The van der Waals surface area contributed by atoms with Gasteiger partial charge in [0, 0.05) is 12.2 Å². The predicted octanol–water partition coefficient (Wildman–Crippen LogP) is 8.12. The Balaban J connectivity index is 0.934. The van der Waals surface area contributed by atoms with Crippen LogP contribution in [0.25, 0.3) is 24.3 Å². The topological polar surface area (TPSA) is 104 Å². The van der Waals surface area contributed by atoms with Crippen molar-refractivity contribution in [3.8, 4) is 11.6 Å². The van der Waals surface area contributed by atoms with Gasteiger partial charge in [-0.15, -0.1) is 0 Å². The number of nitrogens with zero attached hydrogens (tertiary/aromatic N) is 3. The highest BCUT2D eigenvalue weighted by molar-refractivity contribution is 7.09. The molecule has 0 unspecified atom stereocenters. The van der Waals surface area contributed by atoms with Crippen molar-refractivity contribution in [3.63, 3.8) is 0 Å². The van der Waals surface area contributed by atoms with Crippen molar-refractivity contribution in [1.29, 1.82) is 0 Å². The lowest BCUT2D eigenvalue weighted by molar-refractivity contribution is 0.301. The SMILES string of the molecule is O=c1sc(CCCCc2ccc(OCc3coc(C=Cc4ccccc4)n3)cc2)c(O)n1Cc1coc(C=Cc2ccccc2)n1. The minimum atomic E-state index is -0.210. The Bertz CT molecular complexity index is 1950. The van der Waals surface area contributed by atoms with Gasteiger partial charge in [0.1, 0.15) is 30.6 Å². The summed E-state index contributed by atoms with van der Waals surface area (Å²) in [5.74, 6) is 1.74. The van der Waals surface area contributed by atoms with E-state index in [-0.39, 0.29) is 17.3 Å². The maximum absolute atomic E-state index is 12.6. The zero-order valence-corrected chi connectivity index (χ0v) is 25.9. The molecule has 0 radical (unpaired) electrons. The summed E-state index contributed by atoms with van der Waals surface area (Å²) < 4.78 is 18.3. The van der Waals surface area contributed by atoms with E-state index in [4.69, 9.17) is 13.6 Å². The third-order valence-corrected chi connectivity index (χ3v) is 8.29. The van der Waals surface area contributed by atoms with Crippen LogP contribution < -0.4 is 9.61 Å². The van der Waals surface area contributed by atoms with Gasteiger partial charge in [-0.3, -0.25) is 9.36 Å². The molecule has 9 heteroatoms. The maximum atomic E-state index is 12.6. The first-order chi connectivity index (χ1) is 22.6. The lowest BCUT2D eigenvalue weighted by Crippen LogP contribution is -2.13. The molecule has 0 fully saturated rings. The van der Waals surface area contributed by atoms with Gasteiger partial charge in [-0.2, -0.15) is 0 Å². The Morgan fingerprint density at radius 1 is 0.739 bits per heavy atom. The molecule has 3 aromatic heterocycles. The van der Waals surface area contributed by atoms with Crippen molar-refractivity contribution in [2.75, 3.05) is 0 Å². The van der Waals surface area contributed by atoms with Crippen LogP contribution >= 0.6 is 11.3 Å². The second kappa shape index (κ2) is 15.0. The minimum absolute atomic E-state index is 0.00679. The Labute approximate surface area is 270 Å². The minimum Gasteiger partial charge on any atom is -0.494 e. The van der Waals surface area contributed by atoms with Gasteiger partial charge in [0.05, 0.1) is 17.1 Å². The summed E-state index contributed by atoms with van der Waals surface area (Å²) in [4.78, 5) is 22.0. The zero-order valence-electron chi connectivity index (χ0n) is 25.1. The van der Waals surface area contributed by atoms with Gasteiger partial charge in [0.25, 0.3) is 0 Å². The number of hydrogen-bond acceptors (Lipinski definition) is 8. The fourth-order valence-electron chi connectivity index (χ4n) is 4.83. The second-order valence-electron chi connectivity index (χ2n) is 10.7. The van der Waals surface area contributed by atoms with Crippen LogP contribution in [0.2, 0.25) is 0 Å². The van der Waals surface area contributed by atoms with E-state index in [9.17, 15) is 9.90 Å². The number of oxazole rings is 2. The Kier molecular flexibility index (Phi) is 10.0. The molecule has 0 aliphatic heterocycles. The molecule has 232 valence electrons. The van der Waals surface area contributed by atoms with Gasteiger partial charge in [-0.25, -0.2) is 9.97 Å². The van der Waals surface area contributed by atoms with E-state index >= 15 is 0 Å². The number of ether oxygens (including phenoxy) is 1. The number of benzene rings is 3. The molecule has 46 heavy (non-hydrogen) atoms. The summed E-state index contributed by atoms with van der Waals surface area (Å²) in [5, 5.41) is 10.8. The van der Waals surface area contributed by atoms with Crippen molar-refractivity contribution in [1.82, 2.24) is 14.5 Å². The van der Waals surface area contributed by atoms with Crippen molar-refractivity contribution < 1.29 is 18.7 Å². The average Bonchev–Trinajstić information content (AvgIpc) is 3.82. The highest BCUT2D eigenvalue weighted by atomic mass is 32.1. The number of aromatic nitrogens is 3. The smallest absolute Gasteiger partial charge is 0.310 e. The van der Waals surface area contributed by atoms with Crippen LogP contribution in [0.4, 0.5) is 0 Å². The third kappa shape index (κ3) is 8.40.